The van der Waals surface area contributed by atoms with Crippen molar-refractivity contribution in [3.63, 3.8) is 0 Å². The number of nitrogens with zero attached hydrogens (tertiary/aromatic N) is 1. The maximum Gasteiger partial charge on any atom is 0.273 e. The Labute approximate surface area is 105 Å². The first-order chi connectivity index (χ1) is 8.23. The SMILES string of the molecule is Cc1[nH]nc(C(=O)NCC2(C)CC2)c1S(N)(=O)=O. The van der Waals surface area contributed by atoms with Crippen LogP contribution in [0.1, 0.15) is 35.9 Å². The van der Waals surface area contributed by atoms with Gasteiger partial charge in [-0.25, -0.2) is 13.6 Å². The Balaban J connectivity index is 2.20. The number of aromatic amines is 1. The molecule has 4 N–H and O–H groups in total. The summed E-state index contributed by atoms with van der Waals surface area (Å²) in [5.74, 6) is -0.517. The van der Waals surface area contributed by atoms with Gasteiger partial charge < -0.3 is 5.32 Å². The summed E-state index contributed by atoms with van der Waals surface area (Å²) in [6.45, 7) is 4.08. The number of nitrogens with one attached hydrogen (secondary N) is 2. The van der Waals surface area contributed by atoms with Crippen LogP contribution in [-0.2, 0) is 10.0 Å². The summed E-state index contributed by atoms with van der Waals surface area (Å²) in [7, 11) is -3.96. The molecule has 0 radical (unpaired) electrons. The number of carbonyl (C=O) groups excluding carboxylic acids is 1. The summed E-state index contributed by atoms with van der Waals surface area (Å²) >= 11 is 0. The lowest BCUT2D eigenvalue weighted by Gasteiger charge is -2.09. The van der Waals surface area contributed by atoms with Crippen molar-refractivity contribution in [2.24, 2.45) is 10.6 Å². The van der Waals surface area contributed by atoms with Gasteiger partial charge in [0.25, 0.3) is 5.91 Å². The fourth-order valence-electron chi connectivity index (χ4n) is 1.69. The molecule has 1 heterocycles. The Hall–Kier alpha value is -1.41. The van der Waals surface area contributed by atoms with E-state index in [0.29, 0.717) is 6.54 Å². The lowest BCUT2D eigenvalue weighted by Crippen LogP contribution is -2.31. The van der Waals surface area contributed by atoms with E-state index in [9.17, 15) is 13.2 Å². The molecular weight excluding hydrogens is 256 g/mol. The molecule has 0 atom stereocenters. The number of amides is 1. The van der Waals surface area contributed by atoms with Crippen LogP contribution in [0.25, 0.3) is 0 Å². The Morgan fingerprint density at radius 3 is 2.67 bits per heavy atom. The first kappa shape index (κ1) is 13.0. The predicted octanol–water partition coefficient (Wildman–Crippen LogP) is -0.105. The fraction of sp³-hybridized carbons (Fsp3) is 0.600. The van der Waals surface area contributed by atoms with Crippen LogP contribution in [0.5, 0.6) is 0 Å². The van der Waals surface area contributed by atoms with Crippen molar-refractivity contribution >= 4 is 15.9 Å². The van der Waals surface area contributed by atoms with Gasteiger partial charge >= 0.3 is 0 Å². The Morgan fingerprint density at radius 2 is 2.17 bits per heavy atom. The standard InChI is InChI=1S/C10H16N4O3S/c1-6-8(18(11,16)17)7(14-13-6)9(15)12-5-10(2)3-4-10/h3-5H2,1-2H3,(H,12,15)(H,13,14)(H2,11,16,17). The van der Waals surface area contributed by atoms with Gasteiger partial charge in [-0.05, 0) is 25.2 Å². The number of sulfonamides is 1. The normalized spacial score (nSPS) is 17.5. The topological polar surface area (TPSA) is 118 Å². The van der Waals surface area contributed by atoms with Gasteiger partial charge in [-0.15, -0.1) is 0 Å². The number of aryl methyl sites for hydroxylation is 1. The zero-order valence-corrected chi connectivity index (χ0v) is 11.1. The van der Waals surface area contributed by atoms with Gasteiger partial charge in [-0.2, -0.15) is 5.10 Å². The Bertz CT molecular complexity index is 586. The molecule has 100 valence electrons. The maximum absolute atomic E-state index is 11.9. The molecule has 1 aliphatic carbocycles. The quantitative estimate of drug-likeness (QED) is 0.709. The van der Waals surface area contributed by atoms with E-state index in [0.717, 1.165) is 12.8 Å². The summed E-state index contributed by atoms with van der Waals surface area (Å²) < 4.78 is 22.8. The van der Waals surface area contributed by atoms with E-state index < -0.39 is 15.9 Å². The average molecular weight is 272 g/mol. The van der Waals surface area contributed by atoms with Gasteiger partial charge in [0.15, 0.2) is 5.69 Å². The monoisotopic (exact) mass is 272 g/mol. The predicted molar refractivity (Wildman–Crippen MR) is 64.4 cm³/mol. The number of nitrogens with two attached hydrogens (primary N) is 1. The van der Waals surface area contributed by atoms with E-state index in [1.54, 1.807) is 0 Å². The molecule has 0 aliphatic heterocycles. The summed E-state index contributed by atoms with van der Waals surface area (Å²) in [4.78, 5) is 11.7. The summed E-state index contributed by atoms with van der Waals surface area (Å²) in [5.41, 5.74) is 0.238. The maximum atomic E-state index is 11.9. The van der Waals surface area contributed by atoms with Crippen LogP contribution in [0.4, 0.5) is 0 Å². The third kappa shape index (κ3) is 2.54. The summed E-state index contributed by atoms with van der Waals surface area (Å²) in [5, 5.41) is 13.9. The van der Waals surface area contributed by atoms with E-state index in [2.05, 4.69) is 22.4 Å². The third-order valence-electron chi connectivity index (χ3n) is 3.17. The van der Waals surface area contributed by atoms with E-state index in [1.807, 2.05) is 0 Å². The molecule has 1 amide bonds. The van der Waals surface area contributed by atoms with Gasteiger partial charge in [-0.1, -0.05) is 6.92 Å². The second-order valence-electron chi connectivity index (χ2n) is 5.06. The van der Waals surface area contributed by atoms with Crippen molar-refractivity contribution in [3.05, 3.63) is 11.4 Å². The minimum Gasteiger partial charge on any atom is -0.350 e. The van der Waals surface area contributed by atoms with E-state index in [4.69, 9.17) is 5.14 Å². The first-order valence-corrected chi connectivity index (χ1v) is 7.14. The zero-order valence-electron chi connectivity index (χ0n) is 10.3. The molecule has 1 aromatic heterocycles. The van der Waals surface area contributed by atoms with Crippen LogP contribution in [0.3, 0.4) is 0 Å². The van der Waals surface area contributed by atoms with Crippen molar-refractivity contribution in [2.45, 2.75) is 31.6 Å². The first-order valence-electron chi connectivity index (χ1n) is 5.59. The van der Waals surface area contributed by atoms with Gasteiger partial charge in [0.2, 0.25) is 10.0 Å². The summed E-state index contributed by atoms with van der Waals surface area (Å²) in [6.07, 6.45) is 2.13. The molecule has 0 unspecified atom stereocenters. The number of carbonyl (C=O) groups is 1. The van der Waals surface area contributed by atoms with Crippen molar-refractivity contribution in [1.29, 1.82) is 0 Å². The number of rotatable bonds is 4. The van der Waals surface area contributed by atoms with Crippen LogP contribution >= 0.6 is 0 Å². The summed E-state index contributed by atoms with van der Waals surface area (Å²) in [6, 6.07) is 0. The van der Waals surface area contributed by atoms with Crippen molar-refractivity contribution in [3.8, 4) is 0 Å². The van der Waals surface area contributed by atoms with Crippen molar-refractivity contribution < 1.29 is 13.2 Å². The second kappa shape index (κ2) is 4.06. The largest absolute Gasteiger partial charge is 0.350 e. The van der Waals surface area contributed by atoms with Gasteiger partial charge in [0.05, 0.1) is 5.69 Å². The molecule has 7 nitrogen and oxygen atoms in total. The van der Waals surface area contributed by atoms with Gasteiger partial charge in [0, 0.05) is 6.54 Å². The number of hydrogen-bond acceptors (Lipinski definition) is 4. The van der Waals surface area contributed by atoms with Crippen LogP contribution in [-0.4, -0.2) is 31.1 Å². The Kier molecular flexibility index (Phi) is 2.94. The van der Waals surface area contributed by atoms with Crippen LogP contribution in [0, 0.1) is 12.3 Å². The highest BCUT2D eigenvalue weighted by Gasteiger charge is 2.38. The molecule has 0 bridgehead atoms. The highest BCUT2D eigenvalue weighted by molar-refractivity contribution is 7.89. The molecule has 1 aliphatic rings. The fourth-order valence-corrected chi connectivity index (χ4v) is 2.57. The second-order valence-corrected chi connectivity index (χ2v) is 6.56. The van der Waals surface area contributed by atoms with Crippen LogP contribution < -0.4 is 10.5 Å². The minimum absolute atomic E-state index is 0.142. The molecule has 1 aromatic rings. The highest BCUT2D eigenvalue weighted by atomic mass is 32.2. The molecular formula is C10H16N4O3S. The zero-order chi connectivity index (χ0) is 13.6. The van der Waals surface area contributed by atoms with Crippen molar-refractivity contribution in [2.75, 3.05) is 6.54 Å². The lowest BCUT2D eigenvalue weighted by atomic mass is 10.1. The van der Waals surface area contributed by atoms with Crippen LogP contribution in [0.2, 0.25) is 0 Å². The number of H-pyrrole nitrogens is 1. The Morgan fingerprint density at radius 1 is 1.56 bits per heavy atom. The van der Waals surface area contributed by atoms with E-state index >= 15 is 0 Å². The van der Waals surface area contributed by atoms with Gasteiger partial charge in [-0.3, -0.25) is 9.89 Å². The molecule has 0 aromatic carbocycles. The molecule has 1 fully saturated rings. The molecule has 0 saturated heterocycles. The molecule has 2 rings (SSSR count). The van der Waals surface area contributed by atoms with E-state index in [1.165, 1.54) is 6.92 Å². The third-order valence-corrected chi connectivity index (χ3v) is 4.24. The van der Waals surface area contributed by atoms with Gasteiger partial charge in [0.1, 0.15) is 4.90 Å². The van der Waals surface area contributed by atoms with Crippen molar-refractivity contribution in [1.82, 2.24) is 15.5 Å². The minimum atomic E-state index is -3.96. The number of aromatic nitrogens is 2. The number of primary sulfonamides is 1. The molecule has 0 spiro atoms. The molecule has 1 saturated carbocycles. The van der Waals surface area contributed by atoms with E-state index in [-0.39, 0.29) is 21.7 Å². The van der Waals surface area contributed by atoms with Crippen LogP contribution in [0.15, 0.2) is 4.90 Å². The number of hydrogen-bond donors (Lipinski definition) is 3. The molecule has 8 heteroatoms. The highest BCUT2D eigenvalue weighted by Crippen LogP contribution is 2.44. The smallest absolute Gasteiger partial charge is 0.273 e. The molecule has 18 heavy (non-hydrogen) atoms. The average Bonchev–Trinajstić information content (AvgIpc) is 2.83. The lowest BCUT2D eigenvalue weighted by molar-refractivity contribution is 0.0937.